The molecule has 1 aromatic carbocycles. The molecule has 0 atom stereocenters. The summed E-state index contributed by atoms with van der Waals surface area (Å²) in [5, 5.41) is 11.3. The van der Waals surface area contributed by atoms with Crippen LogP contribution in [0.4, 0.5) is 0 Å². The molecule has 6 nitrogen and oxygen atoms in total. The molecule has 1 aliphatic rings. The zero-order valence-corrected chi connectivity index (χ0v) is 17.3. The molecule has 1 aliphatic heterocycles. The van der Waals surface area contributed by atoms with Gasteiger partial charge in [0, 0.05) is 38.1 Å². The van der Waals surface area contributed by atoms with E-state index in [1.54, 1.807) is 6.20 Å². The maximum absolute atomic E-state index is 4.82. The summed E-state index contributed by atoms with van der Waals surface area (Å²) in [4.78, 5) is 7.41. The van der Waals surface area contributed by atoms with Crippen LogP contribution in [0.3, 0.4) is 0 Å². The monoisotopic (exact) mass is 382 g/mol. The number of aromatic nitrogens is 2. The lowest BCUT2D eigenvalue weighted by Crippen LogP contribution is -2.48. The highest BCUT2D eigenvalue weighted by molar-refractivity contribution is 5.80. The highest BCUT2D eigenvalue weighted by Crippen LogP contribution is 2.12. The number of guanidine groups is 1. The van der Waals surface area contributed by atoms with Gasteiger partial charge in [-0.3, -0.25) is 0 Å². The van der Waals surface area contributed by atoms with Gasteiger partial charge in [0.2, 0.25) is 0 Å². The molecule has 1 aromatic heterocycles. The van der Waals surface area contributed by atoms with Crippen LogP contribution >= 0.6 is 0 Å². The molecular weight excluding hydrogens is 348 g/mol. The van der Waals surface area contributed by atoms with Gasteiger partial charge in [0.05, 0.1) is 12.2 Å². The molecule has 0 aliphatic carbocycles. The third kappa shape index (κ3) is 6.09. The first kappa shape index (κ1) is 20.4. The molecule has 2 aromatic rings. The van der Waals surface area contributed by atoms with Crippen LogP contribution < -0.4 is 10.6 Å². The Hall–Kier alpha value is -2.34. The van der Waals surface area contributed by atoms with Gasteiger partial charge in [-0.15, -0.1) is 0 Å². The van der Waals surface area contributed by atoms with E-state index in [0.717, 1.165) is 18.2 Å². The lowest BCUT2D eigenvalue weighted by atomic mass is 10.0. The van der Waals surface area contributed by atoms with E-state index in [4.69, 9.17) is 4.99 Å². The lowest BCUT2D eigenvalue weighted by Gasteiger charge is -2.33. The molecule has 1 saturated heterocycles. The van der Waals surface area contributed by atoms with Crippen LogP contribution in [0.5, 0.6) is 0 Å². The van der Waals surface area contributed by atoms with Crippen molar-refractivity contribution in [2.24, 2.45) is 4.99 Å². The summed E-state index contributed by atoms with van der Waals surface area (Å²) in [5.74, 6) is 0.916. The van der Waals surface area contributed by atoms with Gasteiger partial charge in [-0.2, -0.15) is 5.10 Å². The standard InChI is InChI=1S/C22H34N6/c1-3-5-13-27-15-10-20(11-16-27)26-22(23-4-2)24-18-19-8-6-9-21(17-19)28-14-7-12-25-28/h6-9,12,14,17,20H,3-5,10-11,13,15-16,18H2,1-2H3,(H2,23,24,26). The van der Waals surface area contributed by atoms with Gasteiger partial charge in [-0.25, -0.2) is 9.67 Å². The first-order valence-corrected chi connectivity index (χ1v) is 10.6. The van der Waals surface area contributed by atoms with E-state index >= 15 is 0 Å². The largest absolute Gasteiger partial charge is 0.357 e. The number of nitrogens with one attached hydrogen (secondary N) is 2. The van der Waals surface area contributed by atoms with Crippen LogP contribution in [0.25, 0.3) is 5.69 Å². The first-order chi connectivity index (χ1) is 13.8. The molecule has 0 radical (unpaired) electrons. The Bertz CT molecular complexity index is 716. The van der Waals surface area contributed by atoms with E-state index in [1.165, 1.54) is 50.9 Å². The summed E-state index contributed by atoms with van der Waals surface area (Å²) in [6.07, 6.45) is 8.70. The molecule has 28 heavy (non-hydrogen) atoms. The van der Waals surface area contributed by atoms with E-state index < -0.39 is 0 Å². The lowest BCUT2D eigenvalue weighted by molar-refractivity contribution is 0.203. The van der Waals surface area contributed by atoms with Crippen LogP contribution in [0.1, 0.15) is 45.1 Å². The molecule has 0 spiro atoms. The number of unbranched alkanes of at least 4 members (excludes halogenated alkanes) is 1. The average molecular weight is 383 g/mol. The van der Waals surface area contributed by atoms with E-state index in [0.29, 0.717) is 12.6 Å². The summed E-state index contributed by atoms with van der Waals surface area (Å²) < 4.78 is 1.88. The second-order valence-corrected chi connectivity index (χ2v) is 7.43. The molecule has 2 heterocycles. The normalized spacial score (nSPS) is 16.3. The molecule has 6 heteroatoms. The molecule has 152 valence electrons. The molecule has 3 rings (SSSR count). The number of nitrogens with zero attached hydrogens (tertiary/aromatic N) is 4. The van der Waals surface area contributed by atoms with Crippen LogP contribution in [-0.4, -0.2) is 52.9 Å². The minimum Gasteiger partial charge on any atom is -0.357 e. The maximum atomic E-state index is 4.82. The number of likely N-dealkylation sites (tertiary alicyclic amines) is 1. The Balaban J connectivity index is 1.55. The summed E-state index contributed by atoms with van der Waals surface area (Å²) in [6, 6.07) is 10.8. The average Bonchev–Trinajstić information content (AvgIpc) is 3.27. The second-order valence-electron chi connectivity index (χ2n) is 7.43. The van der Waals surface area contributed by atoms with Gasteiger partial charge < -0.3 is 15.5 Å². The Morgan fingerprint density at radius 1 is 1.21 bits per heavy atom. The van der Waals surface area contributed by atoms with Crippen molar-refractivity contribution in [3.05, 3.63) is 48.3 Å². The maximum Gasteiger partial charge on any atom is 0.191 e. The third-order valence-corrected chi connectivity index (χ3v) is 5.20. The van der Waals surface area contributed by atoms with Crippen molar-refractivity contribution in [1.82, 2.24) is 25.3 Å². The summed E-state index contributed by atoms with van der Waals surface area (Å²) in [7, 11) is 0. The van der Waals surface area contributed by atoms with Crippen molar-refractivity contribution in [2.45, 2.75) is 52.1 Å². The fraction of sp³-hybridized carbons (Fsp3) is 0.545. The Morgan fingerprint density at radius 3 is 2.79 bits per heavy atom. The van der Waals surface area contributed by atoms with Crippen LogP contribution in [0.2, 0.25) is 0 Å². The minimum absolute atomic E-state index is 0.506. The van der Waals surface area contributed by atoms with E-state index in [-0.39, 0.29) is 0 Å². The molecule has 2 N–H and O–H groups in total. The van der Waals surface area contributed by atoms with Gasteiger partial charge in [0.25, 0.3) is 0 Å². The SMILES string of the molecule is CCCCN1CCC(NC(=NCc2cccc(-n3cccn3)c2)NCC)CC1. The second kappa shape index (κ2) is 10.9. The van der Waals surface area contributed by atoms with Gasteiger partial charge >= 0.3 is 0 Å². The minimum atomic E-state index is 0.506. The van der Waals surface area contributed by atoms with Crippen LogP contribution in [0.15, 0.2) is 47.7 Å². The molecule has 0 unspecified atom stereocenters. The van der Waals surface area contributed by atoms with Crippen molar-refractivity contribution >= 4 is 5.96 Å². The highest BCUT2D eigenvalue weighted by Gasteiger charge is 2.19. The molecule has 1 fully saturated rings. The van der Waals surface area contributed by atoms with Crippen molar-refractivity contribution in [1.29, 1.82) is 0 Å². The Morgan fingerprint density at radius 2 is 2.07 bits per heavy atom. The van der Waals surface area contributed by atoms with Gasteiger partial charge in [-0.1, -0.05) is 25.5 Å². The predicted molar refractivity (Wildman–Crippen MR) is 116 cm³/mol. The van der Waals surface area contributed by atoms with Gasteiger partial charge in [0.15, 0.2) is 5.96 Å². The quantitative estimate of drug-likeness (QED) is 0.544. The van der Waals surface area contributed by atoms with Crippen molar-refractivity contribution in [2.75, 3.05) is 26.2 Å². The topological polar surface area (TPSA) is 57.5 Å². The fourth-order valence-corrected chi connectivity index (χ4v) is 3.59. The van der Waals surface area contributed by atoms with Crippen molar-refractivity contribution < 1.29 is 0 Å². The number of hydrogen-bond acceptors (Lipinski definition) is 3. The molecular formula is C22H34N6. The van der Waals surface area contributed by atoms with E-state index in [1.807, 2.05) is 16.9 Å². The van der Waals surface area contributed by atoms with Crippen molar-refractivity contribution in [3.8, 4) is 5.69 Å². The molecule has 0 saturated carbocycles. The van der Waals surface area contributed by atoms with E-state index in [2.05, 4.69) is 58.7 Å². The predicted octanol–water partition coefficient (Wildman–Crippen LogP) is 3.19. The highest BCUT2D eigenvalue weighted by atomic mass is 15.3. The molecule has 0 amide bonds. The number of benzene rings is 1. The number of rotatable bonds is 8. The Kier molecular flexibility index (Phi) is 7.91. The first-order valence-electron chi connectivity index (χ1n) is 10.6. The summed E-state index contributed by atoms with van der Waals surface area (Å²) >= 11 is 0. The Labute approximate surface area is 169 Å². The summed E-state index contributed by atoms with van der Waals surface area (Å²) in [6.45, 7) is 9.51. The zero-order valence-electron chi connectivity index (χ0n) is 17.3. The number of aliphatic imine (C=N–C) groups is 1. The smallest absolute Gasteiger partial charge is 0.191 e. The third-order valence-electron chi connectivity index (χ3n) is 5.20. The summed E-state index contributed by atoms with van der Waals surface area (Å²) in [5.41, 5.74) is 2.25. The van der Waals surface area contributed by atoms with Gasteiger partial charge in [-0.05, 0) is 56.5 Å². The fourth-order valence-electron chi connectivity index (χ4n) is 3.59. The van der Waals surface area contributed by atoms with Gasteiger partial charge in [0.1, 0.15) is 0 Å². The zero-order chi connectivity index (χ0) is 19.6. The van der Waals surface area contributed by atoms with E-state index in [9.17, 15) is 0 Å². The van der Waals surface area contributed by atoms with Crippen LogP contribution in [0, 0.1) is 0 Å². The number of piperidine rings is 1. The van der Waals surface area contributed by atoms with Crippen molar-refractivity contribution in [3.63, 3.8) is 0 Å². The number of hydrogen-bond donors (Lipinski definition) is 2. The molecule has 0 bridgehead atoms. The van der Waals surface area contributed by atoms with Crippen LogP contribution in [-0.2, 0) is 6.54 Å².